The molecule has 0 aliphatic carbocycles. The highest BCUT2D eigenvalue weighted by atomic mass is 28.4. The Bertz CT molecular complexity index is 746. The number of ether oxygens (including phenoxy) is 4. The van der Waals surface area contributed by atoms with Gasteiger partial charge in [0.25, 0.3) is 0 Å². The molecule has 31 heavy (non-hydrogen) atoms. The zero-order valence-corrected chi connectivity index (χ0v) is 20.3. The van der Waals surface area contributed by atoms with Gasteiger partial charge in [-0.3, -0.25) is 4.79 Å². The van der Waals surface area contributed by atoms with E-state index in [0.717, 1.165) is 0 Å². The monoisotopic (exact) mass is 454 g/mol. The Morgan fingerprint density at radius 3 is 2.26 bits per heavy atom. The number of benzene rings is 1. The van der Waals surface area contributed by atoms with E-state index in [2.05, 4.69) is 20.8 Å². The predicted molar refractivity (Wildman–Crippen MR) is 116 cm³/mol. The maximum atomic E-state index is 12.3. The van der Waals surface area contributed by atoms with E-state index in [-0.39, 0.29) is 11.6 Å². The molecule has 0 spiro atoms. The van der Waals surface area contributed by atoms with Crippen LogP contribution in [-0.2, 0) is 28.2 Å². The van der Waals surface area contributed by atoms with Crippen molar-refractivity contribution in [2.45, 2.75) is 76.5 Å². The van der Waals surface area contributed by atoms with Crippen LogP contribution in [0, 0.1) is 0 Å². The van der Waals surface area contributed by atoms with Gasteiger partial charge in [0.15, 0.2) is 20.7 Å². The number of aliphatic hydroxyl groups excluding tert-OH is 1. The van der Waals surface area contributed by atoms with Gasteiger partial charge in [0, 0.05) is 14.0 Å². The van der Waals surface area contributed by atoms with Crippen LogP contribution in [0.5, 0.6) is 0 Å². The topological polar surface area (TPSA) is 101 Å². The van der Waals surface area contributed by atoms with Crippen molar-refractivity contribution in [2.24, 2.45) is 0 Å². The first-order chi connectivity index (χ1) is 14.4. The van der Waals surface area contributed by atoms with Crippen molar-refractivity contribution >= 4 is 20.3 Å². The van der Waals surface area contributed by atoms with Crippen LogP contribution in [0.2, 0.25) is 18.1 Å². The Labute approximate surface area is 184 Å². The number of aliphatic hydroxyl groups is 1. The highest BCUT2D eigenvalue weighted by Gasteiger charge is 2.52. The van der Waals surface area contributed by atoms with Crippen molar-refractivity contribution in [1.82, 2.24) is 0 Å². The number of esters is 2. The van der Waals surface area contributed by atoms with Crippen molar-refractivity contribution in [2.75, 3.05) is 13.7 Å². The molecular weight excluding hydrogens is 420 g/mol. The Kier molecular flexibility index (Phi) is 8.40. The molecule has 9 heteroatoms. The lowest BCUT2D eigenvalue weighted by atomic mass is 9.99. The van der Waals surface area contributed by atoms with Crippen LogP contribution >= 0.6 is 0 Å². The maximum Gasteiger partial charge on any atom is 0.338 e. The minimum atomic E-state index is -2.32. The predicted octanol–water partition coefficient (Wildman–Crippen LogP) is 2.90. The van der Waals surface area contributed by atoms with Gasteiger partial charge < -0.3 is 28.5 Å². The van der Waals surface area contributed by atoms with Crippen LogP contribution in [0.15, 0.2) is 30.3 Å². The van der Waals surface area contributed by atoms with E-state index < -0.39 is 51.0 Å². The molecule has 1 heterocycles. The van der Waals surface area contributed by atoms with E-state index in [9.17, 15) is 14.7 Å². The van der Waals surface area contributed by atoms with Crippen LogP contribution in [0.3, 0.4) is 0 Å². The first-order valence-corrected chi connectivity index (χ1v) is 13.2. The molecule has 0 bridgehead atoms. The number of hydrogen-bond acceptors (Lipinski definition) is 8. The van der Waals surface area contributed by atoms with Crippen molar-refractivity contribution in [1.29, 1.82) is 0 Å². The minimum absolute atomic E-state index is 0.126. The Hall–Kier alpha value is -1.78. The molecule has 174 valence electrons. The van der Waals surface area contributed by atoms with Crippen molar-refractivity contribution in [3.8, 4) is 0 Å². The second-order valence-corrected chi connectivity index (χ2v) is 13.9. The molecule has 0 saturated carbocycles. The summed E-state index contributed by atoms with van der Waals surface area (Å²) in [7, 11) is -0.876. The smallest absolute Gasteiger partial charge is 0.338 e. The molecule has 1 saturated heterocycles. The van der Waals surface area contributed by atoms with E-state index >= 15 is 0 Å². The lowest BCUT2D eigenvalue weighted by molar-refractivity contribution is -0.293. The SMILES string of the molecule is CO[C@H]1O[C@H](COC(=O)c2ccccc2)[C@@H](O)[C@H](OC(C)=O)[C@H]1O[Si](C)(C)C(C)(C)C. The molecule has 0 radical (unpaired) electrons. The van der Waals surface area contributed by atoms with Crippen LogP contribution in [-0.4, -0.2) is 69.8 Å². The Morgan fingerprint density at radius 2 is 1.74 bits per heavy atom. The lowest BCUT2D eigenvalue weighted by Gasteiger charge is -2.47. The molecule has 0 amide bonds. The summed E-state index contributed by atoms with van der Waals surface area (Å²) in [5.41, 5.74) is 0.381. The third-order valence-electron chi connectivity index (χ3n) is 5.78. The fourth-order valence-electron chi connectivity index (χ4n) is 3.00. The van der Waals surface area contributed by atoms with Crippen LogP contribution < -0.4 is 0 Å². The van der Waals surface area contributed by atoms with Crippen LogP contribution in [0.25, 0.3) is 0 Å². The molecule has 8 nitrogen and oxygen atoms in total. The Morgan fingerprint density at radius 1 is 1.13 bits per heavy atom. The summed E-state index contributed by atoms with van der Waals surface area (Å²) in [5, 5.41) is 10.8. The van der Waals surface area contributed by atoms with Gasteiger partial charge in [0.2, 0.25) is 0 Å². The maximum absolute atomic E-state index is 12.3. The summed E-state index contributed by atoms with van der Waals surface area (Å²) in [6.07, 6.45) is -5.01. The highest BCUT2D eigenvalue weighted by Crippen LogP contribution is 2.40. The normalized spacial score (nSPS) is 26.9. The summed E-state index contributed by atoms with van der Waals surface area (Å²) in [4.78, 5) is 24.0. The van der Waals surface area contributed by atoms with E-state index in [1.54, 1.807) is 30.3 Å². The van der Waals surface area contributed by atoms with Gasteiger partial charge in [-0.25, -0.2) is 4.79 Å². The lowest BCUT2D eigenvalue weighted by Crippen LogP contribution is -2.64. The first-order valence-electron chi connectivity index (χ1n) is 10.3. The minimum Gasteiger partial charge on any atom is -0.459 e. The van der Waals surface area contributed by atoms with Crippen molar-refractivity contribution < 1.29 is 38.1 Å². The number of hydrogen-bond donors (Lipinski definition) is 1. The molecule has 2 rings (SSSR count). The second-order valence-electron chi connectivity index (χ2n) is 9.15. The van der Waals surface area contributed by atoms with Gasteiger partial charge in [-0.2, -0.15) is 0 Å². The molecule has 0 unspecified atom stereocenters. The zero-order valence-electron chi connectivity index (χ0n) is 19.3. The fraction of sp³-hybridized carbons (Fsp3) is 0.636. The second kappa shape index (κ2) is 10.2. The number of carbonyl (C=O) groups excluding carboxylic acids is 2. The summed E-state index contributed by atoms with van der Waals surface area (Å²) in [5.74, 6) is -1.11. The third kappa shape index (κ3) is 6.36. The van der Waals surface area contributed by atoms with E-state index in [4.69, 9.17) is 23.4 Å². The molecule has 1 aromatic rings. The van der Waals surface area contributed by atoms with Gasteiger partial charge in [-0.1, -0.05) is 39.0 Å². The van der Waals surface area contributed by atoms with Gasteiger partial charge in [-0.05, 0) is 30.3 Å². The number of methoxy groups -OCH3 is 1. The summed E-state index contributed by atoms with van der Waals surface area (Å²) in [6, 6.07) is 8.50. The number of carbonyl (C=O) groups is 2. The van der Waals surface area contributed by atoms with Gasteiger partial charge >= 0.3 is 11.9 Å². The van der Waals surface area contributed by atoms with Crippen molar-refractivity contribution in [3.05, 3.63) is 35.9 Å². The average molecular weight is 455 g/mol. The van der Waals surface area contributed by atoms with Crippen LogP contribution in [0.1, 0.15) is 38.1 Å². The van der Waals surface area contributed by atoms with E-state index in [1.807, 2.05) is 13.1 Å². The van der Waals surface area contributed by atoms with Crippen molar-refractivity contribution in [3.63, 3.8) is 0 Å². The zero-order chi connectivity index (χ0) is 23.4. The van der Waals surface area contributed by atoms with Crippen LogP contribution in [0.4, 0.5) is 0 Å². The third-order valence-corrected chi connectivity index (χ3v) is 10.3. The van der Waals surface area contributed by atoms with Gasteiger partial charge in [-0.15, -0.1) is 0 Å². The standard InChI is InChI=1S/C22H34O8Si/c1-14(23)28-18-17(24)16(13-27-20(25)15-11-9-8-10-12-15)29-21(26-5)19(18)30-31(6,7)22(2,3)4/h8-12,16-19,21,24H,13H2,1-7H3/t16-,17-,18+,19-,21+/m1/s1. The largest absolute Gasteiger partial charge is 0.459 e. The molecular formula is C22H34O8Si. The average Bonchev–Trinajstić information content (AvgIpc) is 2.69. The summed E-state index contributed by atoms with van der Waals surface area (Å²) in [6.45, 7) is 11.3. The molecule has 1 aromatic carbocycles. The highest BCUT2D eigenvalue weighted by molar-refractivity contribution is 6.74. The van der Waals surface area contributed by atoms with Gasteiger partial charge in [0.05, 0.1) is 5.56 Å². The molecule has 1 aliphatic heterocycles. The summed E-state index contributed by atoms with van der Waals surface area (Å²) >= 11 is 0. The fourth-order valence-corrected chi connectivity index (χ4v) is 4.28. The first kappa shape index (κ1) is 25.5. The Balaban J connectivity index is 2.20. The molecule has 1 fully saturated rings. The molecule has 1 N–H and O–H groups in total. The quantitative estimate of drug-likeness (QED) is 0.496. The summed E-state index contributed by atoms with van der Waals surface area (Å²) < 4.78 is 28.5. The molecule has 1 aliphatic rings. The molecule has 5 atom stereocenters. The van der Waals surface area contributed by atoms with Gasteiger partial charge in [0.1, 0.15) is 24.9 Å². The van der Waals surface area contributed by atoms with E-state index in [1.165, 1.54) is 14.0 Å². The number of rotatable bonds is 7. The molecule has 0 aromatic heterocycles. The van der Waals surface area contributed by atoms with E-state index in [0.29, 0.717) is 5.56 Å².